The van der Waals surface area contributed by atoms with E-state index in [1.165, 1.54) is 5.56 Å². The minimum atomic E-state index is 0.191. The fraction of sp³-hybridized carbons (Fsp3) is 0.278. The van der Waals surface area contributed by atoms with Gasteiger partial charge >= 0.3 is 0 Å². The molecule has 1 atom stereocenters. The van der Waals surface area contributed by atoms with Crippen molar-refractivity contribution in [3.8, 4) is 5.75 Å². The van der Waals surface area contributed by atoms with Crippen LogP contribution < -0.4 is 4.74 Å². The average molecular weight is 268 g/mol. The summed E-state index contributed by atoms with van der Waals surface area (Å²) < 4.78 is 5.10. The van der Waals surface area contributed by atoms with Crippen LogP contribution in [0.3, 0.4) is 0 Å². The molecule has 0 saturated carbocycles. The number of methoxy groups -OCH3 is 1. The lowest BCUT2D eigenvalue weighted by Crippen LogP contribution is -2.08. The molecular formula is C18H20O2. The minimum absolute atomic E-state index is 0.191. The number of rotatable bonds is 6. The van der Waals surface area contributed by atoms with E-state index in [9.17, 15) is 4.79 Å². The average Bonchev–Trinajstić information content (AvgIpc) is 2.48. The van der Waals surface area contributed by atoms with Gasteiger partial charge in [-0.05, 0) is 42.2 Å². The minimum Gasteiger partial charge on any atom is -0.497 e. The first-order chi connectivity index (χ1) is 9.69. The highest BCUT2D eigenvalue weighted by atomic mass is 16.5. The largest absolute Gasteiger partial charge is 0.497 e. The van der Waals surface area contributed by atoms with Gasteiger partial charge in [-0.15, -0.1) is 0 Å². The molecule has 0 N–H and O–H groups in total. The number of carbonyl (C=O) groups excluding carboxylic acids is 1. The van der Waals surface area contributed by atoms with Crippen LogP contribution >= 0.6 is 0 Å². The van der Waals surface area contributed by atoms with Gasteiger partial charge in [0, 0.05) is 12.0 Å². The van der Waals surface area contributed by atoms with Gasteiger partial charge in [-0.1, -0.05) is 37.3 Å². The van der Waals surface area contributed by atoms with Crippen LogP contribution in [0.15, 0.2) is 54.6 Å². The van der Waals surface area contributed by atoms with Gasteiger partial charge < -0.3 is 4.74 Å². The number of hydrogen-bond donors (Lipinski definition) is 0. The molecule has 0 spiro atoms. The van der Waals surface area contributed by atoms with Crippen molar-refractivity contribution in [3.05, 3.63) is 65.7 Å². The fourth-order valence-electron chi connectivity index (χ4n) is 2.30. The monoisotopic (exact) mass is 268 g/mol. The van der Waals surface area contributed by atoms with Crippen LogP contribution in [0.25, 0.3) is 0 Å². The molecule has 2 aromatic rings. The normalized spacial score (nSPS) is 11.9. The Hall–Kier alpha value is -2.09. The van der Waals surface area contributed by atoms with Gasteiger partial charge in [0.2, 0.25) is 0 Å². The van der Waals surface area contributed by atoms with Crippen molar-refractivity contribution in [1.82, 2.24) is 0 Å². The van der Waals surface area contributed by atoms with Gasteiger partial charge in [-0.25, -0.2) is 0 Å². The summed E-state index contributed by atoms with van der Waals surface area (Å²) in [6.07, 6.45) is 1.50. The second-order valence-electron chi connectivity index (χ2n) is 5.15. The van der Waals surface area contributed by atoms with E-state index in [2.05, 4.69) is 19.1 Å². The van der Waals surface area contributed by atoms with Crippen molar-refractivity contribution >= 4 is 5.78 Å². The maximum atomic E-state index is 12.2. The molecule has 0 heterocycles. The van der Waals surface area contributed by atoms with Gasteiger partial charge in [-0.2, -0.15) is 0 Å². The highest BCUT2D eigenvalue weighted by molar-refractivity contribution is 5.96. The first-order valence-corrected chi connectivity index (χ1v) is 6.90. The summed E-state index contributed by atoms with van der Waals surface area (Å²) in [6.45, 7) is 2.12. The van der Waals surface area contributed by atoms with Crippen LogP contribution in [-0.4, -0.2) is 12.9 Å². The Balaban J connectivity index is 1.93. The fourth-order valence-corrected chi connectivity index (χ4v) is 2.30. The summed E-state index contributed by atoms with van der Waals surface area (Å²) in [5.41, 5.74) is 2.04. The van der Waals surface area contributed by atoms with E-state index in [-0.39, 0.29) is 5.78 Å². The Morgan fingerprint density at radius 1 is 1.05 bits per heavy atom. The third kappa shape index (κ3) is 3.95. The molecule has 0 amide bonds. The Labute approximate surface area is 120 Å². The molecule has 0 radical (unpaired) electrons. The summed E-state index contributed by atoms with van der Waals surface area (Å²) in [5.74, 6) is 1.31. The lowest BCUT2D eigenvalue weighted by molar-refractivity contribution is 0.0964. The zero-order valence-corrected chi connectivity index (χ0v) is 12.0. The second kappa shape index (κ2) is 6.90. The lowest BCUT2D eigenvalue weighted by Gasteiger charge is -2.11. The van der Waals surface area contributed by atoms with Crippen molar-refractivity contribution in [2.45, 2.75) is 19.8 Å². The van der Waals surface area contributed by atoms with Crippen molar-refractivity contribution in [2.75, 3.05) is 7.11 Å². The summed E-state index contributed by atoms with van der Waals surface area (Å²) in [7, 11) is 1.62. The molecule has 104 valence electrons. The van der Waals surface area contributed by atoms with E-state index < -0.39 is 0 Å². The number of Topliss-reactive ketones (excluding diaryl/α,β-unsaturated/α-hetero) is 1. The number of ketones is 1. The molecule has 2 nitrogen and oxygen atoms in total. The molecule has 0 fully saturated rings. The van der Waals surface area contributed by atoms with E-state index in [0.29, 0.717) is 12.3 Å². The molecule has 20 heavy (non-hydrogen) atoms. The van der Waals surface area contributed by atoms with E-state index in [0.717, 1.165) is 17.7 Å². The van der Waals surface area contributed by atoms with E-state index in [1.807, 2.05) is 42.5 Å². The molecule has 0 aliphatic carbocycles. The molecule has 2 rings (SSSR count). The molecule has 0 aromatic heterocycles. The van der Waals surface area contributed by atoms with Crippen molar-refractivity contribution < 1.29 is 9.53 Å². The maximum absolute atomic E-state index is 12.2. The summed E-state index contributed by atoms with van der Waals surface area (Å²) in [6, 6.07) is 17.6. The lowest BCUT2D eigenvalue weighted by atomic mass is 9.94. The predicted molar refractivity (Wildman–Crippen MR) is 81.3 cm³/mol. The van der Waals surface area contributed by atoms with Crippen LogP contribution in [0.4, 0.5) is 0 Å². The first-order valence-electron chi connectivity index (χ1n) is 6.90. The molecule has 1 unspecified atom stereocenters. The topological polar surface area (TPSA) is 26.3 Å². The van der Waals surface area contributed by atoms with E-state index in [4.69, 9.17) is 4.74 Å². The van der Waals surface area contributed by atoms with Gasteiger partial charge in [-0.3, -0.25) is 4.79 Å². The van der Waals surface area contributed by atoms with Gasteiger partial charge in [0.15, 0.2) is 5.78 Å². The highest BCUT2D eigenvalue weighted by Gasteiger charge is 2.12. The smallest absolute Gasteiger partial charge is 0.163 e. The SMILES string of the molecule is COc1ccc(C(=O)CC(C)Cc2ccccc2)cc1. The molecule has 0 bridgehead atoms. The van der Waals surface area contributed by atoms with E-state index in [1.54, 1.807) is 7.11 Å². The Morgan fingerprint density at radius 2 is 1.70 bits per heavy atom. The van der Waals surface area contributed by atoms with Crippen LogP contribution in [-0.2, 0) is 6.42 Å². The quantitative estimate of drug-likeness (QED) is 0.736. The van der Waals surface area contributed by atoms with Crippen molar-refractivity contribution in [1.29, 1.82) is 0 Å². The molecule has 0 aliphatic rings. The number of hydrogen-bond acceptors (Lipinski definition) is 2. The van der Waals surface area contributed by atoms with Crippen LogP contribution in [0.2, 0.25) is 0 Å². The first kappa shape index (κ1) is 14.3. The van der Waals surface area contributed by atoms with E-state index >= 15 is 0 Å². The molecule has 2 heteroatoms. The second-order valence-corrected chi connectivity index (χ2v) is 5.15. The number of benzene rings is 2. The number of carbonyl (C=O) groups is 1. The summed E-state index contributed by atoms with van der Waals surface area (Å²) in [4.78, 5) is 12.2. The van der Waals surface area contributed by atoms with Crippen LogP contribution in [0.1, 0.15) is 29.3 Å². The molecule has 0 aliphatic heterocycles. The highest BCUT2D eigenvalue weighted by Crippen LogP contribution is 2.17. The third-order valence-corrected chi connectivity index (χ3v) is 3.37. The Morgan fingerprint density at radius 3 is 2.30 bits per heavy atom. The molecule has 2 aromatic carbocycles. The summed E-state index contributed by atoms with van der Waals surface area (Å²) in [5, 5.41) is 0. The third-order valence-electron chi connectivity index (χ3n) is 3.37. The molecule has 0 saturated heterocycles. The Bertz CT molecular complexity index is 543. The Kier molecular flexibility index (Phi) is 4.94. The maximum Gasteiger partial charge on any atom is 0.163 e. The van der Waals surface area contributed by atoms with Gasteiger partial charge in [0.1, 0.15) is 5.75 Å². The zero-order valence-electron chi connectivity index (χ0n) is 12.0. The summed E-state index contributed by atoms with van der Waals surface area (Å²) >= 11 is 0. The number of ether oxygens (including phenoxy) is 1. The van der Waals surface area contributed by atoms with Crippen molar-refractivity contribution in [3.63, 3.8) is 0 Å². The zero-order chi connectivity index (χ0) is 14.4. The van der Waals surface area contributed by atoms with Gasteiger partial charge in [0.25, 0.3) is 0 Å². The standard InChI is InChI=1S/C18H20O2/c1-14(12-15-6-4-3-5-7-15)13-18(19)16-8-10-17(20-2)11-9-16/h3-11,14H,12-13H2,1-2H3. The van der Waals surface area contributed by atoms with Crippen LogP contribution in [0.5, 0.6) is 5.75 Å². The molecular weight excluding hydrogens is 248 g/mol. The predicted octanol–water partition coefficient (Wildman–Crippen LogP) is 4.15. The van der Waals surface area contributed by atoms with Crippen LogP contribution in [0, 0.1) is 5.92 Å². The van der Waals surface area contributed by atoms with Gasteiger partial charge in [0.05, 0.1) is 7.11 Å². The van der Waals surface area contributed by atoms with Crippen molar-refractivity contribution in [2.24, 2.45) is 5.92 Å².